The Hall–Kier alpha value is -2.63. The van der Waals surface area contributed by atoms with E-state index in [2.05, 4.69) is 26.1 Å². The molecule has 0 spiro atoms. The van der Waals surface area contributed by atoms with Crippen LogP contribution in [-0.2, 0) is 16.1 Å². The third kappa shape index (κ3) is 5.48. The first-order valence-electron chi connectivity index (χ1n) is 12.4. The summed E-state index contributed by atoms with van der Waals surface area (Å²) in [7, 11) is 0. The van der Waals surface area contributed by atoms with E-state index in [0.717, 1.165) is 56.1 Å². The standard InChI is InChI=1S/C27H37N3O3/c1-19-14-20(16-27(2,3)15-19)28-26(33)25(32)22-17-30(23-11-7-6-10-21(22)23)18-24(31)29-12-8-4-5-9-13-29/h6-7,10-11,17,19-20H,4-5,8-9,12-16,18H2,1-3H3,(H,28,33). The number of hydrogen-bond donors (Lipinski definition) is 1. The molecule has 33 heavy (non-hydrogen) atoms. The highest BCUT2D eigenvalue weighted by atomic mass is 16.2. The fourth-order valence-electron chi connectivity index (χ4n) is 5.95. The Balaban J connectivity index is 1.52. The molecule has 2 aliphatic rings. The zero-order chi connectivity index (χ0) is 23.6. The van der Waals surface area contributed by atoms with Crippen LogP contribution in [0.5, 0.6) is 0 Å². The van der Waals surface area contributed by atoms with Crippen molar-refractivity contribution in [3.8, 4) is 0 Å². The molecule has 178 valence electrons. The third-order valence-corrected chi connectivity index (χ3v) is 7.23. The van der Waals surface area contributed by atoms with Crippen LogP contribution in [0.25, 0.3) is 10.9 Å². The smallest absolute Gasteiger partial charge is 0.292 e. The molecule has 2 aromatic rings. The van der Waals surface area contributed by atoms with E-state index < -0.39 is 11.7 Å². The summed E-state index contributed by atoms with van der Waals surface area (Å²) in [4.78, 5) is 41.1. The predicted octanol–water partition coefficient (Wildman–Crippen LogP) is 4.56. The molecule has 6 heteroatoms. The molecule has 0 bridgehead atoms. The number of amides is 2. The van der Waals surface area contributed by atoms with Gasteiger partial charge in [-0.3, -0.25) is 14.4 Å². The highest BCUT2D eigenvalue weighted by Gasteiger charge is 2.34. The molecule has 1 aromatic carbocycles. The van der Waals surface area contributed by atoms with Crippen molar-refractivity contribution in [3.05, 3.63) is 36.0 Å². The summed E-state index contributed by atoms with van der Waals surface area (Å²) < 4.78 is 1.83. The average molecular weight is 452 g/mol. The molecular weight excluding hydrogens is 414 g/mol. The van der Waals surface area contributed by atoms with Gasteiger partial charge < -0.3 is 14.8 Å². The van der Waals surface area contributed by atoms with Crippen LogP contribution in [0.15, 0.2) is 30.5 Å². The molecule has 1 N–H and O–H groups in total. The van der Waals surface area contributed by atoms with E-state index in [0.29, 0.717) is 11.5 Å². The summed E-state index contributed by atoms with van der Waals surface area (Å²) in [5.41, 5.74) is 1.33. The van der Waals surface area contributed by atoms with Gasteiger partial charge in [-0.25, -0.2) is 0 Å². The lowest BCUT2D eigenvalue weighted by molar-refractivity contribution is -0.131. The minimum atomic E-state index is -0.549. The van der Waals surface area contributed by atoms with Crippen molar-refractivity contribution in [2.24, 2.45) is 11.3 Å². The molecule has 1 aliphatic carbocycles. The molecule has 2 fully saturated rings. The molecule has 1 saturated carbocycles. The molecule has 2 amide bonds. The Bertz CT molecular complexity index is 1030. The number of rotatable bonds is 5. The molecule has 2 heterocycles. The topological polar surface area (TPSA) is 71.4 Å². The van der Waals surface area contributed by atoms with Crippen molar-refractivity contribution >= 4 is 28.5 Å². The van der Waals surface area contributed by atoms with Crippen molar-refractivity contribution in [2.45, 2.75) is 78.3 Å². The van der Waals surface area contributed by atoms with Gasteiger partial charge in [-0.1, -0.05) is 51.8 Å². The highest BCUT2D eigenvalue weighted by molar-refractivity contribution is 6.45. The van der Waals surface area contributed by atoms with Gasteiger partial charge in [0.1, 0.15) is 6.54 Å². The number of carbonyl (C=O) groups is 3. The number of nitrogens with one attached hydrogen (secondary N) is 1. The molecule has 1 aromatic heterocycles. The Morgan fingerprint density at radius 1 is 1.03 bits per heavy atom. The lowest BCUT2D eigenvalue weighted by Crippen LogP contribution is -2.45. The maximum atomic E-state index is 13.2. The minimum absolute atomic E-state index is 0.0122. The molecule has 6 nitrogen and oxygen atoms in total. The zero-order valence-corrected chi connectivity index (χ0v) is 20.2. The summed E-state index contributed by atoms with van der Waals surface area (Å²) in [5, 5.41) is 3.72. The molecule has 2 unspecified atom stereocenters. The van der Waals surface area contributed by atoms with Crippen LogP contribution in [0.2, 0.25) is 0 Å². The average Bonchev–Trinajstić information content (AvgIpc) is 2.92. The van der Waals surface area contributed by atoms with Crippen molar-refractivity contribution in [1.29, 1.82) is 0 Å². The molecule has 0 radical (unpaired) electrons. The number of ketones is 1. The van der Waals surface area contributed by atoms with E-state index >= 15 is 0 Å². The fourth-order valence-corrected chi connectivity index (χ4v) is 5.95. The van der Waals surface area contributed by atoms with Gasteiger partial charge in [0, 0.05) is 36.2 Å². The van der Waals surface area contributed by atoms with Gasteiger partial charge >= 0.3 is 0 Å². The maximum absolute atomic E-state index is 13.2. The van der Waals surface area contributed by atoms with Gasteiger partial charge in [0.25, 0.3) is 11.7 Å². The van der Waals surface area contributed by atoms with E-state index in [4.69, 9.17) is 0 Å². The fraction of sp³-hybridized carbons (Fsp3) is 0.593. The van der Waals surface area contributed by atoms with Crippen LogP contribution in [0.4, 0.5) is 0 Å². The second-order valence-corrected chi connectivity index (χ2v) is 10.9. The number of likely N-dealkylation sites (tertiary alicyclic amines) is 1. The van der Waals surface area contributed by atoms with Crippen LogP contribution < -0.4 is 5.32 Å². The predicted molar refractivity (Wildman–Crippen MR) is 130 cm³/mol. The monoisotopic (exact) mass is 451 g/mol. The first kappa shape index (κ1) is 23.5. The van der Waals surface area contributed by atoms with Gasteiger partial charge in [0.2, 0.25) is 5.91 Å². The lowest BCUT2D eigenvalue weighted by atomic mass is 9.70. The number of benzene rings is 1. The molecule has 1 saturated heterocycles. The van der Waals surface area contributed by atoms with Gasteiger partial charge in [-0.2, -0.15) is 0 Å². The Labute approximate surface area is 196 Å². The number of fused-ring (bicyclic) bond motifs is 1. The number of carbonyl (C=O) groups excluding carboxylic acids is 3. The number of Topliss-reactive ketones (excluding diaryl/α,β-unsaturated/α-hetero) is 1. The lowest BCUT2D eigenvalue weighted by Gasteiger charge is -2.39. The molecular formula is C27H37N3O3. The number of aromatic nitrogens is 1. The number of hydrogen-bond acceptors (Lipinski definition) is 3. The number of para-hydroxylation sites is 1. The molecule has 4 rings (SSSR count). The molecule has 2 atom stereocenters. The highest BCUT2D eigenvalue weighted by Crippen LogP contribution is 2.38. The van der Waals surface area contributed by atoms with E-state index in [1.165, 1.54) is 12.8 Å². The first-order chi connectivity index (χ1) is 15.7. The van der Waals surface area contributed by atoms with E-state index in [1.807, 2.05) is 33.7 Å². The third-order valence-electron chi connectivity index (χ3n) is 7.23. The zero-order valence-electron chi connectivity index (χ0n) is 20.2. The minimum Gasteiger partial charge on any atom is -0.346 e. The first-order valence-corrected chi connectivity index (χ1v) is 12.4. The summed E-state index contributed by atoms with van der Waals surface area (Å²) >= 11 is 0. The Kier molecular flexibility index (Phi) is 6.91. The summed E-state index contributed by atoms with van der Waals surface area (Å²) in [6, 6.07) is 7.54. The van der Waals surface area contributed by atoms with Crippen molar-refractivity contribution < 1.29 is 14.4 Å². The number of nitrogens with zero attached hydrogens (tertiary/aromatic N) is 2. The van der Waals surface area contributed by atoms with Gasteiger partial charge in [0.15, 0.2) is 0 Å². The summed E-state index contributed by atoms with van der Waals surface area (Å²) in [5.74, 6) is -0.490. The van der Waals surface area contributed by atoms with E-state index in [-0.39, 0.29) is 23.9 Å². The largest absolute Gasteiger partial charge is 0.346 e. The Morgan fingerprint density at radius 2 is 1.73 bits per heavy atom. The van der Waals surface area contributed by atoms with E-state index in [1.54, 1.807) is 6.20 Å². The summed E-state index contributed by atoms with van der Waals surface area (Å²) in [6.07, 6.45) is 9.01. The van der Waals surface area contributed by atoms with Gasteiger partial charge in [0.05, 0.1) is 5.56 Å². The van der Waals surface area contributed by atoms with Crippen LogP contribution >= 0.6 is 0 Å². The maximum Gasteiger partial charge on any atom is 0.292 e. The van der Waals surface area contributed by atoms with Gasteiger partial charge in [-0.05, 0) is 49.5 Å². The second-order valence-electron chi connectivity index (χ2n) is 10.9. The van der Waals surface area contributed by atoms with Crippen LogP contribution in [0.3, 0.4) is 0 Å². The summed E-state index contributed by atoms with van der Waals surface area (Å²) in [6.45, 7) is 8.42. The second kappa shape index (κ2) is 9.70. The van der Waals surface area contributed by atoms with Crippen LogP contribution in [0, 0.1) is 11.3 Å². The van der Waals surface area contributed by atoms with Crippen LogP contribution in [-0.4, -0.2) is 46.2 Å². The normalized spacial score (nSPS) is 23.2. The quantitative estimate of drug-likeness (QED) is 0.535. The van der Waals surface area contributed by atoms with Crippen molar-refractivity contribution in [1.82, 2.24) is 14.8 Å². The van der Waals surface area contributed by atoms with Crippen molar-refractivity contribution in [2.75, 3.05) is 13.1 Å². The molecule has 1 aliphatic heterocycles. The SMILES string of the molecule is CC1CC(NC(=O)C(=O)c2cn(CC(=O)N3CCCCCC3)c3ccccc23)CC(C)(C)C1. The van der Waals surface area contributed by atoms with Crippen molar-refractivity contribution in [3.63, 3.8) is 0 Å². The van der Waals surface area contributed by atoms with Gasteiger partial charge in [-0.15, -0.1) is 0 Å². The van der Waals surface area contributed by atoms with Crippen LogP contribution in [0.1, 0.15) is 76.1 Å². The Morgan fingerprint density at radius 3 is 2.42 bits per heavy atom. The van der Waals surface area contributed by atoms with E-state index in [9.17, 15) is 14.4 Å².